The van der Waals surface area contributed by atoms with E-state index < -0.39 is 23.8 Å². The van der Waals surface area contributed by atoms with Crippen molar-refractivity contribution < 1.29 is 27.4 Å². The Hall–Kier alpha value is -3.21. The number of methoxy groups -OCH3 is 1. The largest absolute Gasteiger partial charge is 0.493 e. The standard InChI is InChI=1S/C24H27F3N4O3S/c1-15(2)13-31-22(16(3)34-20-11-6-5-10-19(20)33-4)29-30-23(31)35-14-21(32)28-18-9-7-8-17(12-18)24(25,26)27/h5-12,15-16H,13-14H2,1-4H3,(H,28,32). The van der Waals surface area contributed by atoms with Gasteiger partial charge in [0.2, 0.25) is 5.91 Å². The van der Waals surface area contributed by atoms with Crippen LogP contribution in [-0.2, 0) is 17.5 Å². The summed E-state index contributed by atoms with van der Waals surface area (Å²) < 4.78 is 52.1. The van der Waals surface area contributed by atoms with E-state index in [9.17, 15) is 18.0 Å². The molecule has 7 nitrogen and oxygen atoms in total. The minimum Gasteiger partial charge on any atom is -0.493 e. The second-order valence-electron chi connectivity index (χ2n) is 8.17. The van der Waals surface area contributed by atoms with E-state index in [4.69, 9.17) is 9.47 Å². The number of benzene rings is 2. The first kappa shape index (κ1) is 26.4. The monoisotopic (exact) mass is 508 g/mol. The van der Waals surface area contributed by atoms with Crippen LogP contribution in [-0.4, -0.2) is 33.5 Å². The number of rotatable bonds is 10. The molecule has 3 rings (SSSR count). The molecule has 0 aliphatic rings. The first-order chi connectivity index (χ1) is 16.6. The molecular weight excluding hydrogens is 481 g/mol. The van der Waals surface area contributed by atoms with Crippen LogP contribution >= 0.6 is 11.8 Å². The molecular formula is C24H27F3N4O3S. The van der Waals surface area contributed by atoms with Gasteiger partial charge >= 0.3 is 6.18 Å². The van der Waals surface area contributed by atoms with Crippen LogP contribution in [0.5, 0.6) is 11.5 Å². The first-order valence-corrected chi connectivity index (χ1v) is 11.9. The van der Waals surface area contributed by atoms with Gasteiger partial charge < -0.3 is 19.4 Å². The summed E-state index contributed by atoms with van der Waals surface area (Å²) in [6.07, 6.45) is -4.94. The van der Waals surface area contributed by atoms with Crippen molar-refractivity contribution in [3.8, 4) is 11.5 Å². The Bertz CT molecular complexity index is 1150. The maximum atomic E-state index is 12.9. The van der Waals surface area contributed by atoms with Gasteiger partial charge in [-0.3, -0.25) is 4.79 Å². The summed E-state index contributed by atoms with van der Waals surface area (Å²) in [7, 11) is 1.56. The van der Waals surface area contributed by atoms with Gasteiger partial charge in [-0.1, -0.05) is 43.8 Å². The number of hydrogen-bond donors (Lipinski definition) is 1. The van der Waals surface area contributed by atoms with Gasteiger partial charge in [-0.25, -0.2) is 0 Å². The van der Waals surface area contributed by atoms with E-state index in [-0.39, 0.29) is 17.4 Å². The average molecular weight is 509 g/mol. The van der Waals surface area contributed by atoms with E-state index in [0.29, 0.717) is 29.0 Å². The summed E-state index contributed by atoms with van der Waals surface area (Å²) in [5.41, 5.74) is -0.748. The summed E-state index contributed by atoms with van der Waals surface area (Å²) in [4.78, 5) is 12.4. The molecule has 0 aliphatic carbocycles. The molecule has 3 aromatic rings. The number of carbonyl (C=O) groups is 1. The van der Waals surface area contributed by atoms with Crippen molar-refractivity contribution in [3.63, 3.8) is 0 Å². The Morgan fingerprint density at radius 3 is 2.46 bits per heavy atom. The third kappa shape index (κ3) is 7.14. The van der Waals surface area contributed by atoms with E-state index in [1.165, 1.54) is 12.1 Å². The molecule has 35 heavy (non-hydrogen) atoms. The third-order valence-corrected chi connectivity index (χ3v) is 5.80. The Balaban J connectivity index is 1.71. The van der Waals surface area contributed by atoms with Crippen molar-refractivity contribution in [1.82, 2.24) is 14.8 Å². The highest BCUT2D eigenvalue weighted by atomic mass is 32.2. The van der Waals surface area contributed by atoms with Crippen LogP contribution in [0.25, 0.3) is 0 Å². The Morgan fingerprint density at radius 1 is 1.09 bits per heavy atom. The molecule has 1 N–H and O–H groups in total. The number of nitrogens with zero attached hydrogens (tertiary/aromatic N) is 3. The Kier molecular flexibility index (Phi) is 8.66. The number of halogens is 3. The van der Waals surface area contributed by atoms with Crippen LogP contribution < -0.4 is 14.8 Å². The van der Waals surface area contributed by atoms with Crippen molar-refractivity contribution in [2.24, 2.45) is 5.92 Å². The molecule has 0 saturated carbocycles. The minimum absolute atomic E-state index is 0.0474. The number of aromatic nitrogens is 3. The molecule has 188 valence electrons. The van der Waals surface area contributed by atoms with Crippen molar-refractivity contribution >= 4 is 23.4 Å². The van der Waals surface area contributed by atoms with Crippen molar-refractivity contribution in [2.45, 2.75) is 44.8 Å². The lowest BCUT2D eigenvalue weighted by Crippen LogP contribution is -2.17. The Morgan fingerprint density at radius 2 is 1.80 bits per heavy atom. The highest BCUT2D eigenvalue weighted by Gasteiger charge is 2.30. The van der Waals surface area contributed by atoms with E-state index in [1.54, 1.807) is 19.2 Å². The minimum atomic E-state index is -4.48. The van der Waals surface area contributed by atoms with Gasteiger partial charge in [0, 0.05) is 12.2 Å². The van der Waals surface area contributed by atoms with Crippen LogP contribution in [0.3, 0.4) is 0 Å². The lowest BCUT2D eigenvalue weighted by atomic mass is 10.2. The van der Waals surface area contributed by atoms with Crippen LogP contribution in [0, 0.1) is 5.92 Å². The number of ether oxygens (including phenoxy) is 2. The summed E-state index contributed by atoms with van der Waals surface area (Å²) in [6, 6.07) is 11.8. The van der Waals surface area contributed by atoms with Gasteiger partial charge in [-0.05, 0) is 43.2 Å². The maximum absolute atomic E-state index is 12.9. The van der Waals surface area contributed by atoms with E-state index in [1.807, 2.05) is 37.5 Å². The predicted molar refractivity (Wildman–Crippen MR) is 128 cm³/mol. The zero-order valence-electron chi connectivity index (χ0n) is 19.8. The molecule has 0 aliphatic heterocycles. The highest BCUT2D eigenvalue weighted by molar-refractivity contribution is 7.99. The normalized spacial score (nSPS) is 12.5. The lowest BCUT2D eigenvalue weighted by molar-refractivity contribution is -0.137. The molecule has 0 spiro atoms. The number of thioether (sulfide) groups is 1. The predicted octanol–water partition coefficient (Wildman–Crippen LogP) is 5.83. The van der Waals surface area contributed by atoms with Crippen molar-refractivity contribution in [2.75, 3.05) is 18.2 Å². The molecule has 0 fully saturated rings. The third-order valence-electron chi connectivity index (χ3n) is 4.84. The lowest BCUT2D eigenvalue weighted by Gasteiger charge is -2.19. The fourth-order valence-corrected chi connectivity index (χ4v) is 4.06. The van der Waals surface area contributed by atoms with E-state index in [0.717, 1.165) is 23.9 Å². The molecule has 0 radical (unpaired) electrons. The number of hydrogen-bond acceptors (Lipinski definition) is 6. The summed E-state index contributed by atoms with van der Waals surface area (Å²) >= 11 is 1.15. The van der Waals surface area contributed by atoms with E-state index in [2.05, 4.69) is 15.5 Å². The smallest absolute Gasteiger partial charge is 0.416 e. The molecule has 1 unspecified atom stereocenters. The molecule has 0 saturated heterocycles. The molecule has 11 heteroatoms. The molecule has 0 bridgehead atoms. The van der Waals surface area contributed by atoms with Crippen LogP contribution in [0.4, 0.5) is 18.9 Å². The number of alkyl halides is 3. The van der Waals surface area contributed by atoms with Crippen molar-refractivity contribution in [3.05, 3.63) is 59.9 Å². The van der Waals surface area contributed by atoms with Gasteiger partial charge in [0.25, 0.3) is 0 Å². The van der Waals surface area contributed by atoms with Gasteiger partial charge in [-0.2, -0.15) is 13.2 Å². The quantitative estimate of drug-likeness (QED) is 0.347. The topological polar surface area (TPSA) is 78.3 Å². The molecule has 1 amide bonds. The maximum Gasteiger partial charge on any atom is 0.416 e. The fraction of sp³-hybridized carbons (Fsp3) is 0.375. The second-order valence-corrected chi connectivity index (χ2v) is 9.11. The molecule has 1 atom stereocenters. The second kappa shape index (κ2) is 11.5. The summed E-state index contributed by atoms with van der Waals surface area (Å²) in [5.74, 6) is 1.51. The number of anilines is 1. The molecule has 1 heterocycles. The van der Waals surface area contributed by atoms with Crippen LogP contribution in [0.2, 0.25) is 0 Å². The first-order valence-electron chi connectivity index (χ1n) is 10.9. The number of amides is 1. The van der Waals surface area contributed by atoms with E-state index >= 15 is 0 Å². The summed E-state index contributed by atoms with van der Waals surface area (Å²) in [5, 5.41) is 11.5. The highest BCUT2D eigenvalue weighted by Crippen LogP contribution is 2.32. The van der Waals surface area contributed by atoms with Gasteiger partial charge in [0.05, 0.1) is 18.4 Å². The van der Waals surface area contributed by atoms with Crippen LogP contribution in [0.15, 0.2) is 53.7 Å². The molecule has 1 aromatic heterocycles. The number of nitrogens with one attached hydrogen (secondary N) is 1. The van der Waals surface area contributed by atoms with Gasteiger partial charge in [0.15, 0.2) is 28.6 Å². The van der Waals surface area contributed by atoms with Crippen molar-refractivity contribution in [1.29, 1.82) is 0 Å². The summed E-state index contributed by atoms with van der Waals surface area (Å²) in [6.45, 7) is 6.54. The van der Waals surface area contributed by atoms with Gasteiger partial charge in [0.1, 0.15) is 0 Å². The zero-order valence-corrected chi connectivity index (χ0v) is 20.6. The number of para-hydroxylation sites is 2. The average Bonchev–Trinajstić information content (AvgIpc) is 3.19. The fourth-order valence-electron chi connectivity index (χ4n) is 3.30. The zero-order chi connectivity index (χ0) is 25.6. The Labute approximate surface area is 206 Å². The number of carbonyl (C=O) groups excluding carboxylic acids is 1. The SMILES string of the molecule is COc1ccccc1OC(C)c1nnc(SCC(=O)Nc2cccc(C(F)(F)F)c2)n1CC(C)C. The van der Waals surface area contributed by atoms with Crippen LogP contribution in [0.1, 0.15) is 38.3 Å². The van der Waals surface area contributed by atoms with Gasteiger partial charge in [-0.15, -0.1) is 10.2 Å². The molecule has 2 aromatic carbocycles.